The third-order valence-electron chi connectivity index (χ3n) is 9.92. The van der Waals surface area contributed by atoms with Crippen LogP contribution in [0.1, 0.15) is 88.3 Å². The summed E-state index contributed by atoms with van der Waals surface area (Å²) in [4.78, 5) is 44.8. The third-order valence-corrected chi connectivity index (χ3v) is 9.92. The van der Waals surface area contributed by atoms with Crippen LogP contribution in [-0.4, -0.2) is 36.2 Å². The lowest BCUT2D eigenvalue weighted by Gasteiger charge is -2.46. The van der Waals surface area contributed by atoms with Crippen LogP contribution in [0.5, 0.6) is 5.75 Å². The Labute approximate surface area is 274 Å². The molecule has 2 aromatic carbocycles. The second kappa shape index (κ2) is 12.2. The molecule has 1 aliphatic carbocycles. The van der Waals surface area contributed by atoms with Crippen LogP contribution in [0.25, 0.3) is 22.3 Å². The summed E-state index contributed by atoms with van der Waals surface area (Å²) in [5.41, 5.74) is 3.65. The third kappa shape index (κ3) is 6.25. The first-order valence-electron chi connectivity index (χ1n) is 16.5. The average Bonchev–Trinajstić information content (AvgIpc) is 3.47. The predicted molar refractivity (Wildman–Crippen MR) is 183 cm³/mol. The molecule has 3 heterocycles. The number of carbonyl (C=O) groups excluding carboxylic acids is 1. The minimum Gasteiger partial charge on any atom is -0.507 e. The van der Waals surface area contributed by atoms with Gasteiger partial charge in [-0.1, -0.05) is 58.9 Å². The van der Waals surface area contributed by atoms with Crippen molar-refractivity contribution >= 4 is 28.2 Å². The number of imidazole rings is 1. The predicted octanol–water partition coefficient (Wildman–Crippen LogP) is 6.37. The van der Waals surface area contributed by atoms with Crippen LogP contribution in [-0.2, 0) is 13.6 Å². The summed E-state index contributed by atoms with van der Waals surface area (Å²) >= 11 is 0. The van der Waals surface area contributed by atoms with Crippen molar-refractivity contribution in [1.29, 1.82) is 0 Å². The fraction of sp³-hybridized carbons (Fsp3) is 0.459. The van der Waals surface area contributed by atoms with Crippen LogP contribution in [0.2, 0.25) is 0 Å². The lowest BCUT2D eigenvalue weighted by atomic mass is 9.61. The maximum Gasteiger partial charge on any atom is 0.420 e. The Bertz CT molecular complexity index is 2060. The highest BCUT2D eigenvalue weighted by Gasteiger charge is 2.43. The minimum atomic E-state index is -0.420. The quantitative estimate of drug-likeness (QED) is 0.204. The summed E-state index contributed by atoms with van der Waals surface area (Å²) in [6, 6.07) is 17.7. The van der Waals surface area contributed by atoms with E-state index in [0.717, 1.165) is 36.0 Å². The zero-order chi connectivity index (χ0) is 33.7. The van der Waals surface area contributed by atoms with E-state index < -0.39 is 5.76 Å². The highest BCUT2D eigenvalue weighted by atomic mass is 16.4. The molecule has 0 aliphatic heterocycles. The van der Waals surface area contributed by atoms with Crippen molar-refractivity contribution in [2.75, 3.05) is 6.54 Å². The molecule has 0 spiro atoms. The van der Waals surface area contributed by atoms with E-state index in [1.807, 2.05) is 28.8 Å². The molecule has 3 unspecified atom stereocenters. The van der Waals surface area contributed by atoms with Crippen molar-refractivity contribution in [2.24, 2.45) is 23.8 Å². The highest BCUT2D eigenvalue weighted by molar-refractivity contribution is 5.96. The number of phenols is 1. The Morgan fingerprint density at radius 2 is 1.79 bits per heavy atom. The lowest BCUT2D eigenvalue weighted by Crippen LogP contribution is -2.41. The molecule has 3 aromatic heterocycles. The molecule has 47 heavy (non-hydrogen) atoms. The number of carbonyl (C=O) groups is 1. The maximum atomic E-state index is 13.5. The molecule has 1 saturated carbocycles. The van der Waals surface area contributed by atoms with E-state index in [2.05, 4.69) is 46.0 Å². The number of nitrogens with one attached hydrogen (secondary N) is 1. The summed E-state index contributed by atoms with van der Waals surface area (Å²) in [5, 5.41) is 13.2. The van der Waals surface area contributed by atoms with Gasteiger partial charge in [0.2, 0.25) is 0 Å². The first kappa shape index (κ1) is 32.3. The number of para-hydroxylation sites is 3. The molecule has 248 valence electrons. The Morgan fingerprint density at radius 3 is 2.53 bits per heavy atom. The van der Waals surface area contributed by atoms with Crippen LogP contribution in [0.4, 0.5) is 0 Å². The van der Waals surface area contributed by atoms with E-state index in [1.165, 1.54) is 6.07 Å². The molecule has 0 radical (unpaired) electrons. The molecule has 5 aromatic rings. The van der Waals surface area contributed by atoms with Gasteiger partial charge in [-0.15, -0.1) is 0 Å². The number of fused-ring (bicyclic) bond motifs is 2. The van der Waals surface area contributed by atoms with E-state index in [-0.39, 0.29) is 51.6 Å². The van der Waals surface area contributed by atoms with Gasteiger partial charge in [-0.25, -0.2) is 14.6 Å². The molecule has 10 nitrogen and oxygen atoms in total. The number of aryl methyl sites for hydroxylation is 1. The second-order valence-electron chi connectivity index (χ2n) is 15.0. The number of pyridine rings is 1. The summed E-state index contributed by atoms with van der Waals surface area (Å²) in [7, 11) is 1.78. The number of oxazole rings is 1. The first-order chi connectivity index (χ1) is 22.2. The molecule has 0 bridgehead atoms. The number of amides is 1. The van der Waals surface area contributed by atoms with Crippen molar-refractivity contribution in [1.82, 2.24) is 24.0 Å². The molecule has 0 saturated heterocycles. The van der Waals surface area contributed by atoms with Gasteiger partial charge in [0.15, 0.2) is 11.2 Å². The van der Waals surface area contributed by atoms with E-state index >= 15 is 0 Å². The van der Waals surface area contributed by atoms with Crippen molar-refractivity contribution in [3.63, 3.8) is 0 Å². The lowest BCUT2D eigenvalue weighted by molar-refractivity contribution is 0.0669. The molecule has 10 heteroatoms. The number of aromatic hydroxyl groups is 1. The summed E-state index contributed by atoms with van der Waals surface area (Å²) in [5.74, 6) is -0.713. The van der Waals surface area contributed by atoms with Gasteiger partial charge >= 0.3 is 11.4 Å². The van der Waals surface area contributed by atoms with Crippen molar-refractivity contribution in [2.45, 2.75) is 78.8 Å². The molecule has 3 atom stereocenters. The Hall–Kier alpha value is -4.60. The first-order valence-corrected chi connectivity index (χ1v) is 16.5. The smallest absolute Gasteiger partial charge is 0.420 e. The Morgan fingerprint density at radius 1 is 1.06 bits per heavy atom. The molecule has 1 aliphatic rings. The zero-order valence-corrected chi connectivity index (χ0v) is 28.1. The van der Waals surface area contributed by atoms with Crippen LogP contribution >= 0.6 is 0 Å². The highest BCUT2D eigenvalue weighted by Crippen LogP contribution is 2.51. The van der Waals surface area contributed by atoms with Crippen LogP contribution < -0.4 is 16.8 Å². The fourth-order valence-electron chi connectivity index (χ4n) is 7.47. The van der Waals surface area contributed by atoms with Gasteiger partial charge in [-0.2, -0.15) is 0 Å². The van der Waals surface area contributed by atoms with Gasteiger partial charge in [0, 0.05) is 37.8 Å². The zero-order valence-electron chi connectivity index (χ0n) is 28.1. The number of benzene rings is 2. The van der Waals surface area contributed by atoms with Crippen LogP contribution in [0.15, 0.2) is 74.7 Å². The number of hydrogen-bond donors (Lipinski definition) is 2. The number of aromatic nitrogens is 4. The van der Waals surface area contributed by atoms with Gasteiger partial charge in [-0.05, 0) is 78.8 Å². The van der Waals surface area contributed by atoms with Crippen molar-refractivity contribution in [3.8, 4) is 5.75 Å². The van der Waals surface area contributed by atoms with Gasteiger partial charge in [0.25, 0.3) is 5.91 Å². The summed E-state index contributed by atoms with van der Waals surface area (Å²) < 4.78 is 10.9. The molecular weight excluding hydrogens is 594 g/mol. The Balaban J connectivity index is 1.34. The average molecular weight is 640 g/mol. The Kier molecular flexibility index (Phi) is 8.40. The number of hydrogen-bond acceptors (Lipinski definition) is 6. The molecular formula is C37H45N5O5. The molecule has 1 amide bonds. The van der Waals surface area contributed by atoms with Crippen LogP contribution in [0, 0.1) is 16.7 Å². The van der Waals surface area contributed by atoms with Crippen molar-refractivity contribution < 1.29 is 14.3 Å². The van der Waals surface area contributed by atoms with Gasteiger partial charge < -0.3 is 14.8 Å². The number of rotatable bonds is 8. The minimum absolute atomic E-state index is 0.0359. The van der Waals surface area contributed by atoms with Gasteiger partial charge in [-0.3, -0.25) is 18.5 Å². The largest absolute Gasteiger partial charge is 0.507 e. The van der Waals surface area contributed by atoms with Crippen LogP contribution in [0.3, 0.4) is 0 Å². The summed E-state index contributed by atoms with van der Waals surface area (Å²) in [6.45, 7) is 11.8. The van der Waals surface area contributed by atoms with E-state index in [4.69, 9.17) is 9.40 Å². The molecule has 6 rings (SSSR count). The van der Waals surface area contributed by atoms with Gasteiger partial charge in [0.1, 0.15) is 5.75 Å². The second-order valence-corrected chi connectivity index (χ2v) is 15.0. The topological polar surface area (TPSA) is 124 Å². The van der Waals surface area contributed by atoms with E-state index in [9.17, 15) is 19.5 Å². The van der Waals surface area contributed by atoms with Crippen molar-refractivity contribution in [3.05, 3.63) is 93.0 Å². The van der Waals surface area contributed by atoms with E-state index in [1.54, 1.807) is 40.4 Å². The molecule has 2 N–H and O–H groups in total. The van der Waals surface area contributed by atoms with Gasteiger partial charge in [0.05, 0.1) is 16.6 Å². The number of phenolic OH excluding ortho intramolecular Hbond substituents is 1. The summed E-state index contributed by atoms with van der Waals surface area (Å²) in [6.07, 6.45) is 3.10. The number of nitrogens with zero attached hydrogens (tertiary/aromatic N) is 4. The van der Waals surface area contributed by atoms with E-state index in [0.29, 0.717) is 30.7 Å². The monoisotopic (exact) mass is 639 g/mol. The normalized spacial score (nSPS) is 18.9. The standard InChI is InChI=1S/C37H45N5O5/c1-36(2,3)22-41-29-16-15-26(39-32(29)40(6)34(41)45)23-17-19-37(4,5)25(21-23)27(42-28-12-8-10-14-31(28)47-35(42)46)18-20-38-33(44)24-11-7-9-13-30(24)43/h7-16,23,25,27,43H,17-22H2,1-6H3,(H,38,44). The maximum absolute atomic E-state index is 13.5. The fourth-order valence-corrected chi connectivity index (χ4v) is 7.47. The molecule has 1 fully saturated rings. The SMILES string of the molecule is Cn1c(=O)n(CC(C)(C)C)c2ccc(C3CCC(C)(C)C(C(CCNC(=O)c4ccccc4O)n4c(=O)oc5ccccc54)C3)nc21.